The Morgan fingerprint density at radius 1 is 1.33 bits per heavy atom. The molecule has 15 heavy (non-hydrogen) atoms. The Morgan fingerprint density at radius 2 is 1.93 bits per heavy atom. The summed E-state index contributed by atoms with van der Waals surface area (Å²) in [6, 6.07) is 0. The van der Waals surface area contributed by atoms with E-state index in [2.05, 4.69) is 30.8 Å². The normalized spacial score (nSPS) is 23.7. The van der Waals surface area contributed by atoms with Crippen LogP contribution in [0, 0.1) is 5.92 Å². The lowest BCUT2D eigenvalue weighted by Crippen LogP contribution is -2.69. The van der Waals surface area contributed by atoms with Gasteiger partial charge in [0.05, 0.1) is 10.0 Å². The smallest absolute Gasteiger partial charge is 0.225 e. The summed E-state index contributed by atoms with van der Waals surface area (Å²) in [4.78, 5) is 10.7. The van der Waals surface area contributed by atoms with Crippen molar-refractivity contribution in [1.29, 1.82) is 0 Å². The Morgan fingerprint density at radius 3 is 2.47 bits per heavy atom. The van der Waals surface area contributed by atoms with Crippen LogP contribution in [0.1, 0.15) is 12.8 Å². The van der Waals surface area contributed by atoms with E-state index in [1.807, 2.05) is 0 Å². The van der Waals surface area contributed by atoms with Gasteiger partial charge in [-0.15, -0.1) is 0 Å². The molecule has 4 nitrogen and oxygen atoms in total. The number of hydrogen-bond donors (Lipinski definition) is 1. The molecule has 80 valence electrons. The molecule has 2 N–H and O–H groups in total. The van der Waals surface area contributed by atoms with Crippen molar-refractivity contribution >= 4 is 21.9 Å². The van der Waals surface area contributed by atoms with Crippen molar-refractivity contribution < 1.29 is 0 Å². The maximum atomic E-state index is 6.26. The summed E-state index contributed by atoms with van der Waals surface area (Å²) >= 11 is 3.32. The van der Waals surface area contributed by atoms with Crippen molar-refractivity contribution in [3.05, 3.63) is 16.9 Å². The van der Waals surface area contributed by atoms with Crippen molar-refractivity contribution in [2.45, 2.75) is 18.4 Å². The second-order valence-corrected chi connectivity index (χ2v) is 5.48. The fraction of sp³-hybridized carbons (Fsp3) is 0.600. The molecule has 3 rings (SSSR count). The van der Waals surface area contributed by atoms with Crippen LogP contribution in [0.5, 0.6) is 0 Å². The summed E-state index contributed by atoms with van der Waals surface area (Å²) in [5.41, 5.74) is 6.30. The minimum absolute atomic E-state index is 0.0381. The van der Waals surface area contributed by atoms with Crippen molar-refractivity contribution in [2.24, 2.45) is 11.7 Å². The minimum Gasteiger partial charge on any atom is -0.337 e. The van der Waals surface area contributed by atoms with Gasteiger partial charge in [0.25, 0.3) is 0 Å². The SMILES string of the molecule is NC1(C2CC2)CN(c2ncc(Br)cn2)C1. The highest BCUT2D eigenvalue weighted by atomic mass is 79.9. The van der Waals surface area contributed by atoms with E-state index in [0.29, 0.717) is 0 Å². The monoisotopic (exact) mass is 268 g/mol. The fourth-order valence-electron chi connectivity index (χ4n) is 2.19. The first-order valence-electron chi connectivity index (χ1n) is 5.19. The lowest BCUT2D eigenvalue weighted by atomic mass is 9.86. The van der Waals surface area contributed by atoms with Gasteiger partial charge in [0.2, 0.25) is 5.95 Å². The number of aromatic nitrogens is 2. The molecule has 5 heteroatoms. The van der Waals surface area contributed by atoms with Gasteiger partial charge in [-0.1, -0.05) is 0 Å². The van der Waals surface area contributed by atoms with Crippen molar-refractivity contribution in [3.63, 3.8) is 0 Å². The number of nitrogens with zero attached hydrogens (tertiary/aromatic N) is 3. The molecule has 2 heterocycles. The van der Waals surface area contributed by atoms with Gasteiger partial charge in [-0.3, -0.25) is 0 Å². The highest BCUT2D eigenvalue weighted by Gasteiger charge is 2.50. The summed E-state index contributed by atoms with van der Waals surface area (Å²) in [6.45, 7) is 1.80. The topological polar surface area (TPSA) is 55.0 Å². The second-order valence-electron chi connectivity index (χ2n) is 4.56. The lowest BCUT2D eigenvalue weighted by molar-refractivity contribution is 0.287. The van der Waals surface area contributed by atoms with Gasteiger partial charge >= 0.3 is 0 Å². The van der Waals surface area contributed by atoms with Gasteiger partial charge in [-0.05, 0) is 34.7 Å². The zero-order chi connectivity index (χ0) is 10.5. The zero-order valence-corrected chi connectivity index (χ0v) is 9.94. The number of nitrogens with two attached hydrogens (primary N) is 1. The first kappa shape index (κ1) is 9.54. The zero-order valence-electron chi connectivity index (χ0n) is 8.36. The third kappa shape index (κ3) is 1.63. The second kappa shape index (κ2) is 3.15. The molecule has 0 amide bonds. The average Bonchev–Trinajstić information content (AvgIpc) is 2.98. The average molecular weight is 269 g/mol. The number of rotatable bonds is 2. The molecule has 1 aliphatic heterocycles. The Labute approximate surface area is 97.0 Å². The third-order valence-corrected chi connectivity index (χ3v) is 3.66. The molecule has 1 aromatic heterocycles. The van der Waals surface area contributed by atoms with E-state index in [9.17, 15) is 0 Å². The molecule has 1 aliphatic carbocycles. The first-order valence-corrected chi connectivity index (χ1v) is 5.98. The summed E-state index contributed by atoms with van der Waals surface area (Å²) in [7, 11) is 0. The predicted molar refractivity (Wildman–Crippen MR) is 61.6 cm³/mol. The highest BCUT2D eigenvalue weighted by Crippen LogP contribution is 2.43. The molecule has 0 radical (unpaired) electrons. The first-order chi connectivity index (χ1) is 7.17. The van der Waals surface area contributed by atoms with Crippen LogP contribution in [0.3, 0.4) is 0 Å². The van der Waals surface area contributed by atoms with Crippen molar-refractivity contribution in [1.82, 2.24) is 9.97 Å². The number of hydrogen-bond acceptors (Lipinski definition) is 4. The molecule has 1 saturated heterocycles. The Balaban J connectivity index is 1.69. The van der Waals surface area contributed by atoms with E-state index in [1.165, 1.54) is 12.8 Å². The number of halogens is 1. The maximum Gasteiger partial charge on any atom is 0.225 e. The molecule has 2 fully saturated rings. The highest BCUT2D eigenvalue weighted by molar-refractivity contribution is 9.10. The summed E-state index contributed by atoms with van der Waals surface area (Å²) in [6.07, 6.45) is 6.14. The summed E-state index contributed by atoms with van der Waals surface area (Å²) < 4.78 is 0.910. The van der Waals surface area contributed by atoms with Gasteiger partial charge in [-0.25, -0.2) is 9.97 Å². The van der Waals surface area contributed by atoms with Gasteiger partial charge in [0, 0.05) is 25.5 Å². The molecule has 0 spiro atoms. The molecule has 0 bridgehead atoms. The van der Waals surface area contributed by atoms with Crippen molar-refractivity contribution in [2.75, 3.05) is 18.0 Å². The molecule has 0 aromatic carbocycles. The Kier molecular flexibility index (Phi) is 2.01. The molecule has 2 aliphatic rings. The van der Waals surface area contributed by atoms with Crippen LogP contribution in [0.15, 0.2) is 16.9 Å². The summed E-state index contributed by atoms with van der Waals surface area (Å²) in [5.74, 6) is 1.53. The predicted octanol–water partition coefficient (Wildman–Crippen LogP) is 1.17. The molecule has 0 atom stereocenters. The summed E-state index contributed by atoms with van der Waals surface area (Å²) in [5, 5.41) is 0. The van der Waals surface area contributed by atoms with Crippen LogP contribution in [0.4, 0.5) is 5.95 Å². The van der Waals surface area contributed by atoms with Crippen LogP contribution in [-0.2, 0) is 0 Å². The largest absolute Gasteiger partial charge is 0.337 e. The van der Waals surface area contributed by atoms with Crippen LogP contribution in [0.2, 0.25) is 0 Å². The van der Waals surface area contributed by atoms with Crippen LogP contribution in [-0.4, -0.2) is 28.6 Å². The maximum absolute atomic E-state index is 6.26. The van der Waals surface area contributed by atoms with Gasteiger partial charge in [0.1, 0.15) is 0 Å². The Hall–Kier alpha value is -0.680. The van der Waals surface area contributed by atoms with E-state index < -0.39 is 0 Å². The van der Waals surface area contributed by atoms with E-state index in [4.69, 9.17) is 5.73 Å². The van der Waals surface area contributed by atoms with E-state index in [0.717, 1.165) is 29.4 Å². The quantitative estimate of drug-likeness (QED) is 0.875. The van der Waals surface area contributed by atoms with E-state index in [1.54, 1.807) is 12.4 Å². The number of anilines is 1. The lowest BCUT2D eigenvalue weighted by Gasteiger charge is -2.48. The van der Waals surface area contributed by atoms with Gasteiger partial charge < -0.3 is 10.6 Å². The molecule has 1 saturated carbocycles. The third-order valence-electron chi connectivity index (χ3n) is 3.25. The van der Waals surface area contributed by atoms with Crippen LogP contribution in [0.25, 0.3) is 0 Å². The van der Waals surface area contributed by atoms with E-state index >= 15 is 0 Å². The Bertz CT molecular complexity index is 368. The molecule has 0 unspecified atom stereocenters. The van der Waals surface area contributed by atoms with E-state index in [-0.39, 0.29) is 5.54 Å². The molecular formula is C10H13BrN4. The van der Waals surface area contributed by atoms with Gasteiger partial charge in [-0.2, -0.15) is 0 Å². The fourth-order valence-corrected chi connectivity index (χ4v) is 2.40. The standard InChI is InChI=1S/C10H13BrN4/c11-8-3-13-9(14-4-8)15-5-10(12,6-15)7-1-2-7/h3-4,7H,1-2,5-6,12H2. The molecular weight excluding hydrogens is 256 g/mol. The molecule has 1 aromatic rings. The van der Waals surface area contributed by atoms with Gasteiger partial charge in [0.15, 0.2) is 0 Å². The van der Waals surface area contributed by atoms with Crippen LogP contribution >= 0.6 is 15.9 Å². The van der Waals surface area contributed by atoms with Crippen LogP contribution < -0.4 is 10.6 Å². The minimum atomic E-state index is 0.0381. The van der Waals surface area contributed by atoms with Crippen molar-refractivity contribution in [3.8, 4) is 0 Å².